The SMILES string of the molecule is O=C(CCOc1ccccc1)N1CCN(CCN2CCOCC2)CC1. The highest BCUT2D eigenvalue weighted by Gasteiger charge is 2.21. The minimum Gasteiger partial charge on any atom is -0.493 e. The van der Waals surface area contributed by atoms with Gasteiger partial charge >= 0.3 is 0 Å². The van der Waals surface area contributed by atoms with Crippen molar-refractivity contribution in [1.29, 1.82) is 0 Å². The van der Waals surface area contributed by atoms with E-state index in [1.807, 2.05) is 35.2 Å². The van der Waals surface area contributed by atoms with Crippen LogP contribution in [0.25, 0.3) is 0 Å². The van der Waals surface area contributed by atoms with Crippen LogP contribution in [0.3, 0.4) is 0 Å². The summed E-state index contributed by atoms with van der Waals surface area (Å²) in [7, 11) is 0. The van der Waals surface area contributed by atoms with E-state index < -0.39 is 0 Å². The molecule has 138 valence electrons. The fraction of sp³-hybridized carbons (Fsp3) is 0.632. The predicted octanol–water partition coefficient (Wildman–Crippen LogP) is 0.932. The monoisotopic (exact) mass is 347 g/mol. The summed E-state index contributed by atoms with van der Waals surface area (Å²) in [6.07, 6.45) is 0.447. The molecule has 6 heteroatoms. The quantitative estimate of drug-likeness (QED) is 0.734. The van der Waals surface area contributed by atoms with Gasteiger partial charge in [0.1, 0.15) is 5.75 Å². The van der Waals surface area contributed by atoms with Crippen LogP contribution < -0.4 is 4.74 Å². The van der Waals surface area contributed by atoms with Crippen LogP contribution in [0.15, 0.2) is 30.3 Å². The Morgan fingerprint density at radius 1 is 0.920 bits per heavy atom. The zero-order chi connectivity index (χ0) is 17.3. The number of amides is 1. The van der Waals surface area contributed by atoms with Crippen molar-refractivity contribution in [3.05, 3.63) is 30.3 Å². The first-order valence-corrected chi connectivity index (χ1v) is 9.29. The van der Waals surface area contributed by atoms with Crippen molar-refractivity contribution in [2.45, 2.75) is 6.42 Å². The van der Waals surface area contributed by atoms with Crippen LogP contribution in [0.1, 0.15) is 6.42 Å². The van der Waals surface area contributed by atoms with Crippen molar-refractivity contribution in [3.63, 3.8) is 0 Å². The molecule has 0 bridgehead atoms. The molecule has 2 aliphatic rings. The molecule has 2 saturated heterocycles. The summed E-state index contributed by atoms with van der Waals surface area (Å²) in [5, 5.41) is 0. The molecule has 0 N–H and O–H groups in total. The standard InChI is InChI=1S/C19H29N3O3/c23-19(6-15-25-18-4-2-1-3-5-18)22-11-9-20(10-12-22)7-8-21-13-16-24-17-14-21/h1-5H,6-17H2. The summed E-state index contributed by atoms with van der Waals surface area (Å²) >= 11 is 0. The minimum atomic E-state index is 0.198. The number of hydrogen-bond acceptors (Lipinski definition) is 5. The van der Waals surface area contributed by atoms with Gasteiger partial charge in [-0.3, -0.25) is 14.6 Å². The Hall–Kier alpha value is -1.63. The van der Waals surface area contributed by atoms with E-state index in [1.54, 1.807) is 0 Å². The van der Waals surface area contributed by atoms with Gasteiger partial charge < -0.3 is 14.4 Å². The second-order valence-electron chi connectivity index (χ2n) is 6.59. The lowest BCUT2D eigenvalue weighted by Crippen LogP contribution is -2.51. The Kier molecular flexibility index (Phi) is 7.09. The molecule has 0 radical (unpaired) electrons. The molecule has 1 aromatic carbocycles. The van der Waals surface area contributed by atoms with E-state index in [1.165, 1.54) is 0 Å². The van der Waals surface area contributed by atoms with Gasteiger partial charge in [-0.25, -0.2) is 0 Å². The Bertz CT molecular complexity index is 512. The number of rotatable bonds is 7. The molecule has 0 aliphatic carbocycles. The van der Waals surface area contributed by atoms with Gasteiger partial charge in [-0.15, -0.1) is 0 Å². The zero-order valence-electron chi connectivity index (χ0n) is 14.9. The van der Waals surface area contributed by atoms with Crippen molar-refractivity contribution in [2.24, 2.45) is 0 Å². The van der Waals surface area contributed by atoms with Gasteiger partial charge in [0, 0.05) is 52.4 Å². The number of morpholine rings is 1. The van der Waals surface area contributed by atoms with Crippen molar-refractivity contribution >= 4 is 5.91 Å². The number of para-hydroxylation sites is 1. The molecule has 2 heterocycles. The summed E-state index contributed by atoms with van der Waals surface area (Å²) in [4.78, 5) is 19.2. The third-order valence-corrected chi connectivity index (χ3v) is 4.89. The van der Waals surface area contributed by atoms with Gasteiger partial charge in [0.25, 0.3) is 0 Å². The van der Waals surface area contributed by atoms with Gasteiger partial charge in [-0.1, -0.05) is 18.2 Å². The first-order chi connectivity index (χ1) is 12.3. The number of carbonyl (C=O) groups excluding carboxylic acids is 1. The van der Waals surface area contributed by atoms with Gasteiger partial charge in [0.2, 0.25) is 5.91 Å². The first-order valence-electron chi connectivity index (χ1n) is 9.29. The summed E-state index contributed by atoms with van der Waals surface area (Å²) in [5.74, 6) is 1.02. The Balaban J connectivity index is 1.29. The molecule has 0 atom stereocenters. The van der Waals surface area contributed by atoms with E-state index in [9.17, 15) is 4.79 Å². The second kappa shape index (κ2) is 9.75. The van der Waals surface area contributed by atoms with Crippen LogP contribution in [0, 0.1) is 0 Å². The van der Waals surface area contributed by atoms with Crippen molar-refractivity contribution in [3.8, 4) is 5.75 Å². The molecule has 25 heavy (non-hydrogen) atoms. The third kappa shape index (κ3) is 5.99. The van der Waals surface area contributed by atoms with E-state index in [0.717, 1.165) is 71.3 Å². The number of hydrogen-bond donors (Lipinski definition) is 0. The minimum absolute atomic E-state index is 0.198. The fourth-order valence-electron chi connectivity index (χ4n) is 3.26. The summed E-state index contributed by atoms with van der Waals surface area (Å²) in [6.45, 7) is 10.0. The highest BCUT2D eigenvalue weighted by atomic mass is 16.5. The molecular weight excluding hydrogens is 318 g/mol. The summed E-state index contributed by atoms with van der Waals surface area (Å²) in [6, 6.07) is 9.66. The van der Waals surface area contributed by atoms with Crippen LogP contribution in [0.5, 0.6) is 5.75 Å². The molecule has 0 spiro atoms. The first kappa shape index (κ1) is 18.2. The number of ether oxygens (including phenoxy) is 2. The van der Waals surface area contributed by atoms with Gasteiger partial charge in [-0.05, 0) is 12.1 Å². The summed E-state index contributed by atoms with van der Waals surface area (Å²) in [5.41, 5.74) is 0. The number of nitrogens with zero attached hydrogens (tertiary/aromatic N) is 3. The third-order valence-electron chi connectivity index (χ3n) is 4.89. The van der Waals surface area contributed by atoms with Crippen molar-refractivity contribution < 1.29 is 14.3 Å². The lowest BCUT2D eigenvalue weighted by atomic mass is 10.2. The average Bonchev–Trinajstić information content (AvgIpc) is 2.68. The topological polar surface area (TPSA) is 45.2 Å². The number of piperazine rings is 1. The van der Waals surface area contributed by atoms with Crippen molar-refractivity contribution in [2.75, 3.05) is 72.2 Å². The molecule has 0 unspecified atom stereocenters. The number of carbonyl (C=O) groups is 1. The van der Waals surface area contributed by atoms with Crippen molar-refractivity contribution in [1.82, 2.24) is 14.7 Å². The van der Waals surface area contributed by atoms with Crippen LogP contribution in [0.2, 0.25) is 0 Å². The highest BCUT2D eigenvalue weighted by Crippen LogP contribution is 2.10. The van der Waals surface area contributed by atoms with E-state index in [2.05, 4.69) is 9.80 Å². The molecule has 1 aromatic rings. The van der Waals surface area contributed by atoms with Crippen LogP contribution in [0.4, 0.5) is 0 Å². The maximum absolute atomic E-state index is 12.3. The maximum Gasteiger partial charge on any atom is 0.226 e. The molecule has 0 aromatic heterocycles. The number of benzene rings is 1. The molecule has 0 saturated carbocycles. The Labute approximate surface area is 150 Å². The van der Waals surface area contributed by atoms with Gasteiger partial charge in [0.05, 0.1) is 26.2 Å². The van der Waals surface area contributed by atoms with Crippen LogP contribution in [-0.2, 0) is 9.53 Å². The van der Waals surface area contributed by atoms with Crippen LogP contribution >= 0.6 is 0 Å². The predicted molar refractivity (Wildman–Crippen MR) is 96.8 cm³/mol. The molecule has 6 nitrogen and oxygen atoms in total. The fourth-order valence-corrected chi connectivity index (χ4v) is 3.26. The molecule has 2 aliphatic heterocycles. The zero-order valence-corrected chi connectivity index (χ0v) is 14.9. The highest BCUT2D eigenvalue weighted by molar-refractivity contribution is 5.76. The lowest BCUT2D eigenvalue weighted by molar-refractivity contribution is -0.133. The second-order valence-corrected chi connectivity index (χ2v) is 6.59. The van der Waals surface area contributed by atoms with E-state index in [4.69, 9.17) is 9.47 Å². The van der Waals surface area contributed by atoms with Crippen LogP contribution in [-0.4, -0.2) is 92.8 Å². The molecule has 2 fully saturated rings. The summed E-state index contributed by atoms with van der Waals surface area (Å²) < 4.78 is 11.0. The molecule has 1 amide bonds. The average molecular weight is 347 g/mol. The maximum atomic E-state index is 12.3. The molecular formula is C19H29N3O3. The van der Waals surface area contributed by atoms with E-state index in [-0.39, 0.29) is 5.91 Å². The van der Waals surface area contributed by atoms with Gasteiger partial charge in [0.15, 0.2) is 0 Å². The largest absolute Gasteiger partial charge is 0.493 e. The smallest absolute Gasteiger partial charge is 0.226 e. The Morgan fingerprint density at radius 2 is 1.56 bits per heavy atom. The normalized spacial score (nSPS) is 19.8. The van der Waals surface area contributed by atoms with Gasteiger partial charge in [-0.2, -0.15) is 0 Å². The lowest BCUT2D eigenvalue weighted by Gasteiger charge is -2.36. The molecule has 3 rings (SSSR count). The Morgan fingerprint density at radius 3 is 2.24 bits per heavy atom. The van der Waals surface area contributed by atoms with E-state index >= 15 is 0 Å². The van der Waals surface area contributed by atoms with E-state index in [0.29, 0.717) is 13.0 Å².